The van der Waals surface area contributed by atoms with Crippen molar-refractivity contribution in [1.29, 1.82) is 0 Å². The van der Waals surface area contributed by atoms with Crippen molar-refractivity contribution in [1.82, 2.24) is 0 Å². The van der Waals surface area contributed by atoms with Crippen LogP contribution in [0.1, 0.15) is 27.0 Å². The summed E-state index contributed by atoms with van der Waals surface area (Å²) >= 11 is 3.30. The molecule has 0 bridgehead atoms. The fourth-order valence-electron chi connectivity index (χ4n) is 2.24. The Balaban J connectivity index is 2.36. The maximum absolute atomic E-state index is 12.5. The fraction of sp³-hybridized carbons (Fsp3) is 0.188. The average molecular weight is 367 g/mol. The summed E-state index contributed by atoms with van der Waals surface area (Å²) in [6.07, 6.45) is 0. The lowest BCUT2D eigenvalue weighted by Gasteiger charge is -2.08. The zero-order valence-corrected chi connectivity index (χ0v) is 14.1. The molecule has 0 radical (unpaired) electrons. The highest BCUT2D eigenvalue weighted by atomic mass is 79.9. The minimum Gasteiger partial charge on any atom is -0.478 e. The third kappa shape index (κ3) is 4.02. The molecular weight excluding hydrogens is 352 g/mol. The van der Waals surface area contributed by atoms with Gasteiger partial charge in [-0.3, -0.25) is 4.21 Å². The van der Waals surface area contributed by atoms with Crippen LogP contribution in [-0.4, -0.2) is 15.3 Å². The molecule has 0 aliphatic heterocycles. The third-order valence-electron chi connectivity index (χ3n) is 3.00. The molecule has 0 saturated heterocycles. The topological polar surface area (TPSA) is 54.4 Å². The lowest BCUT2D eigenvalue weighted by atomic mass is 10.1. The molecule has 2 rings (SSSR count). The van der Waals surface area contributed by atoms with E-state index >= 15 is 0 Å². The molecule has 3 nitrogen and oxygen atoms in total. The van der Waals surface area contributed by atoms with Crippen LogP contribution in [0.25, 0.3) is 0 Å². The standard InChI is InChI=1S/C16H15BrO3S/c1-10-5-11(2)7-12(6-10)9-21(20)15-8-13(17)3-4-14(15)16(18)19/h3-8H,9H2,1-2H3,(H,18,19). The number of benzene rings is 2. The highest BCUT2D eigenvalue weighted by molar-refractivity contribution is 9.10. The Morgan fingerprint density at radius 2 is 1.76 bits per heavy atom. The van der Waals surface area contributed by atoms with Crippen LogP contribution in [0.15, 0.2) is 45.8 Å². The van der Waals surface area contributed by atoms with Gasteiger partial charge in [0.15, 0.2) is 0 Å². The molecule has 1 unspecified atom stereocenters. The van der Waals surface area contributed by atoms with Crippen LogP contribution >= 0.6 is 15.9 Å². The van der Waals surface area contributed by atoms with Gasteiger partial charge in [0, 0.05) is 4.47 Å². The smallest absolute Gasteiger partial charge is 0.336 e. The number of rotatable bonds is 4. The van der Waals surface area contributed by atoms with E-state index in [-0.39, 0.29) is 5.56 Å². The number of carbonyl (C=O) groups is 1. The Morgan fingerprint density at radius 1 is 1.14 bits per heavy atom. The fourth-order valence-corrected chi connectivity index (χ4v) is 4.04. The van der Waals surface area contributed by atoms with E-state index in [1.165, 1.54) is 6.07 Å². The highest BCUT2D eigenvalue weighted by Gasteiger charge is 2.16. The van der Waals surface area contributed by atoms with Crippen molar-refractivity contribution in [2.45, 2.75) is 24.5 Å². The summed E-state index contributed by atoms with van der Waals surface area (Å²) in [5.41, 5.74) is 3.24. The molecule has 110 valence electrons. The number of aryl methyl sites for hydroxylation is 2. The first kappa shape index (κ1) is 15.9. The average Bonchev–Trinajstić information content (AvgIpc) is 2.36. The minimum absolute atomic E-state index is 0.0842. The summed E-state index contributed by atoms with van der Waals surface area (Å²) in [4.78, 5) is 11.6. The van der Waals surface area contributed by atoms with Crippen molar-refractivity contribution in [3.8, 4) is 0 Å². The zero-order chi connectivity index (χ0) is 15.6. The van der Waals surface area contributed by atoms with E-state index < -0.39 is 16.8 Å². The molecule has 0 fully saturated rings. The molecule has 0 heterocycles. The molecule has 0 aliphatic carbocycles. The Hall–Kier alpha value is -1.46. The molecular formula is C16H15BrO3S. The van der Waals surface area contributed by atoms with Crippen molar-refractivity contribution in [3.63, 3.8) is 0 Å². The van der Waals surface area contributed by atoms with Gasteiger partial charge in [-0.15, -0.1) is 0 Å². The van der Waals surface area contributed by atoms with Gasteiger partial charge >= 0.3 is 5.97 Å². The van der Waals surface area contributed by atoms with Crippen LogP contribution in [0.5, 0.6) is 0 Å². The molecule has 21 heavy (non-hydrogen) atoms. The van der Waals surface area contributed by atoms with Gasteiger partial charge < -0.3 is 5.11 Å². The summed E-state index contributed by atoms with van der Waals surface area (Å²) in [6.45, 7) is 3.97. The molecule has 0 amide bonds. The van der Waals surface area contributed by atoms with Gasteiger partial charge in [-0.25, -0.2) is 4.79 Å². The van der Waals surface area contributed by atoms with Gasteiger partial charge in [0.05, 0.1) is 27.0 Å². The summed E-state index contributed by atoms with van der Waals surface area (Å²) < 4.78 is 13.3. The normalized spacial score (nSPS) is 12.1. The van der Waals surface area contributed by atoms with Gasteiger partial charge in [0.1, 0.15) is 0 Å². The molecule has 2 aromatic carbocycles. The first-order chi connectivity index (χ1) is 9.86. The second kappa shape index (κ2) is 6.54. The quantitative estimate of drug-likeness (QED) is 0.886. The van der Waals surface area contributed by atoms with Crippen molar-refractivity contribution >= 4 is 32.7 Å². The molecule has 0 aliphatic rings. The molecule has 2 aromatic rings. The van der Waals surface area contributed by atoms with E-state index in [0.717, 1.165) is 21.2 Å². The second-order valence-corrected chi connectivity index (χ2v) is 7.27. The number of hydrogen-bond donors (Lipinski definition) is 1. The van der Waals surface area contributed by atoms with Crippen molar-refractivity contribution in [3.05, 3.63) is 63.1 Å². The van der Waals surface area contributed by atoms with E-state index in [9.17, 15) is 14.1 Å². The maximum atomic E-state index is 12.5. The van der Waals surface area contributed by atoms with Gasteiger partial charge in [-0.1, -0.05) is 45.3 Å². The largest absolute Gasteiger partial charge is 0.478 e. The van der Waals surface area contributed by atoms with Gasteiger partial charge in [0.2, 0.25) is 0 Å². The van der Waals surface area contributed by atoms with Gasteiger partial charge in [-0.2, -0.15) is 0 Å². The van der Waals surface area contributed by atoms with E-state index in [1.54, 1.807) is 12.1 Å². The van der Waals surface area contributed by atoms with Crippen LogP contribution < -0.4 is 0 Å². The summed E-state index contributed by atoms with van der Waals surface area (Å²) in [5, 5.41) is 9.21. The van der Waals surface area contributed by atoms with Gasteiger partial charge in [0.25, 0.3) is 0 Å². The Morgan fingerprint density at radius 3 is 2.33 bits per heavy atom. The van der Waals surface area contributed by atoms with Gasteiger partial charge in [-0.05, 0) is 37.6 Å². The molecule has 1 atom stereocenters. The number of hydrogen-bond acceptors (Lipinski definition) is 2. The molecule has 0 aromatic heterocycles. The summed E-state index contributed by atoms with van der Waals surface area (Å²) in [5.74, 6) is -0.759. The van der Waals surface area contributed by atoms with E-state index in [1.807, 2.05) is 32.0 Å². The van der Waals surface area contributed by atoms with E-state index in [0.29, 0.717) is 10.6 Å². The Bertz CT molecular complexity index is 705. The van der Waals surface area contributed by atoms with Crippen LogP contribution in [0.3, 0.4) is 0 Å². The first-order valence-corrected chi connectivity index (χ1v) is 8.46. The monoisotopic (exact) mass is 366 g/mol. The van der Waals surface area contributed by atoms with Crippen LogP contribution in [0, 0.1) is 13.8 Å². The SMILES string of the molecule is Cc1cc(C)cc(CS(=O)c2cc(Br)ccc2C(=O)O)c1. The molecule has 5 heteroatoms. The van der Waals surface area contributed by atoms with Crippen LogP contribution in [0.2, 0.25) is 0 Å². The minimum atomic E-state index is -1.40. The third-order valence-corrected chi connectivity index (χ3v) is 4.92. The lowest BCUT2D eigenvalue weighted by Crippen LogP contribution is -2.06. The molecule has 0 saturated carbocycles. The predicted molar refractivity (Wildman–Crippen MR) is 87.1 cm³/mol. The van der Waals surface area contributed by atoms with E-state index in [4.69, 9.17) is 0 Å². The summed E-state index contributed by atoms with van der Waals surface area (Å²) in [7, 11) is -1.40. The first-order valence-electron chi connectivity index (χ1n) is 6.35. The highest BCUT2D eigenvalue weighted by Crippen LogP contribution is 2.23. The summed E-state index contributed by atoms with van der Waals surface area (Å²) in [6, 6.07) is 10.7. The van der Waals surface area contributed by atoms with Crippen LogP contribution in [0.4, 0.5) is 0 Å². The number of aromatic carboxylic acids is 1. The maximum Gasteiger partial charge on any atom is 0.336 e. The zero-order valence-electron chi connectivity index (χ0n) is 11.7. The van der Waals surface area contributed by atoms with Crippen LogP contribution in [-0.2, 0) is 16.6 Å². The van der Waals surface area contributed by atoms with Crippen molar-refractivity contribution < 1.29 is 14.1 Å². The molecule has 1 N–H and O–H groups in total. The number of carboxylic acid groups (broad SMARTS) is 1. The number of carboxylic acids is 1. The van der Waals surface area contributed by atoms with E-state index in [2.05, 4.69) is 15.9 Å². The number of halogens is 1. The molecule has 0 spiro atoms. The Kier molecular flexibility index (Phi) is 4.96. The second-order valence-electron chi connectivity index (χ2n) is 4.93. The predicted octanol–water partition coefficient (Wildman–Crippen LogP) is 4.07. The Labute approximate surface area is 134 Å². The van der Waals surface area contributed by atoms with Crippen molar-refractivity contribution in [2.24, 2.45) is 0 Å². The van der Waals surface area contributed by atoms with Crippen molar-refractivity contribution in [2.75, 3.05) is 0 Å². The lowest BCUT2D eigenvalue weighted by molar-refractivity contribution is 0.0693.